The SMILES string of the molecule is CCN(c1cc2oc(-c3ccc(F)cc3F)c(C(=O)NC)c2cc1-c1ccc2nc(CN3CC[C@@H](F)C3)n3c4cccc(F)c4cc3c2n1)[SH](=O)=O. The lowest BCUT2D eigenvalue weighted by molar-refractivity contribution is 0.0964. The van der Waals surface area contributed by atoms with E-state index >= 15 is 8.78 Å². The minimum Gasteiger partial charge on any atom is -0.455 e. The van der Waals surface area contributed by atoms with Gasteiger partial charge in [-0.1, -0.05) is 6.07 Å². The van der Waals surface area contributed by atoms with Crippen LogP contribution in [0.15, 0.2) is 71.1 Å². The number of hydrogen-bond donors (Lipinski definition) is 2. The lowest BCUT2D eigenvalue weighted by Gasteiger charge is -2.20. The number of aromatic nitrogens is 3. The van der Waals surface area contributed by atoms with Crippen LogP contribution < -0.4 is 9.62 Å². The highest BCUT2D eigenvalue weighted by molar-refractivity contribution is 7.74. The summed E-state index contributed by atoms with van der Waals surface area (Å²) in [5.74, 6) is -2.44. The van der Waals surface area contributed by atoms with Crippen LogP contribution in [-0.4, -0.2) is 66.4 Å². The molecule has 8 rings (SSSR count). The third-order valence-corrected chi connectivity index (χ3v) is 10.4. The van der Waals surface area contributed by atoms with Gasteiger partial charge in [-0.25, -0.2) is 35.9 Å². The van der Waals surface area contributed by atoms with Crippen molar-refractivity contribution in [3.63, 3.8) is 0 Å². The van der Waals surface area contributed by atoms with E-state index in [0.29, 0.717) is 70.1 Å². The summed E-state index contributed by atoms with van der Waals surface area (Å²) in [5, 5.41) is 3.10. The minimum atomic E-state index is -3.17. The largest absolute Gasteiger partial charge is 0.455 e. The maximum absolute atomic E-state index is 15.2. The second-order valence-corrected chi connectivity index (χ2v) is 13.5. The normalized spacial score (nSPS) is 15.2. The molecular formula is C37H30F4N6O4S. The Morgan fingerprint density at radius 3 is 2.52 bits per heavy atom. The molecule has 10 nitrogen and oxygen atoms in total. The highest BCUT2D eigenvalue weighted by atomic mass is 32.2. The summed E-state index contributed by atoms with van der Waals surface area (Å²) >= 11 is 0. The summed E-state index contributed by atoms with van der Waals surface area (Å²) in [6.45, 7) is 2.80. The highest BCUT2D eigenvalue weighted by Crippen LogP contribution is 2.42. The van der Waals surface area contributed by atoms with Crippen molar-refractivity contribution in [1.29, 1.82) is 0 Å². The summed E-state index contributed by atoms with van der Waals surface area (Å²) in [6.07, 6.45) is -0.528. The number of anilines is 1. The van der Waals surface area contributed by atoms with Gasteiger partial charge in [-0.2, -0.15) is 0 Å². The molecule has 4 aromatic heterocycles. The van der Waals surface area contributed by atoms with Crippen LogP contribution in [-0.2, 0) is 17.4 Å². The minimum absolute atomic E-state index is 0.0298. The number of carbonyl (C=O) groups excluding carboxylic acids is 1. The lowest BCUT2D eigenvalue weighted by Crippen LogP contribution is -2.23. The van der Waals surface area contributed by atoms with E-state index in [1.807, 2.05) is 9.30 Å². The first-order chi connectivity index (χ1) is 25.1. The summed E-state index contributed by atoms with van der Waals surface area (Å²) in [5.41, 5.74) is 2.56. The van der Waals surface area contributed by atoms with Gasteiger partial charge in [-0.15, -0.1) is 0 Å². The van der Waals surface area contributed by atoms with Gasteiger partial charge in [0.2, 0.25) is 10.9 Å². The first-order valence-electron chi connectivity index (χ1n) is 16.5. The van der Waals surface area contributed by atoms with Gasteiger partial charge < -0.3 is 9.73 Å². The summed E-state index contributed by atoms with van der Waals surface area (Å²) in [6, 6.07) is 15.6. The van der Waals surface area contributed by atoms with Gasteiger partial charge in [0.25, 0.3) is 5.91 Å². The number of carbonyl (C=O) groups is 1. The Morgan fingerprint density at radius 2 is 1.81 bits per heavy atom. The first kappa shape index (κ1) is 33.6. The second-order valence-electron chi connectivity index (χ2n) is 12.6. The molecular weight excluding hydrogens is 701 g/mol. The number of hydrogen-bond acceptors (Lipinski definition) is 7. The van der Waals surface area contributed by atoms with Gasteiger partial charge in [0.15, 0.2) is 5.76 Å². The topological polar surface area (TPSA) is 113 Å². The molecule has 0 bridgehead atoms. The van der Waals surface area contributed by atoms with Crippen molar-refractivity contribution in [2.75, 3.05) is 31.0 Å². The molecule has 0 aliphatic carbocycles. The van der Waals surface area contributed by atoms with E-state index in [-0.39, 0.29) is 46.6 Å². The number of benzene rings is 3. The Labute approximate surface area is 295 Å². The molecule has 7 aromatic rings. The third-order valence-electron chi connectivity index (χ3n) is 9.48. The molecule has 1 fully saturated rings. The standard InChI is InChI=1S/C37H30F4N6O4S/c1-3-46(52(49)50)30-16-32-24(34(37(48)42-2)36(51-32)21-8-7-19(38)13-26(21)41)14-23(30)27-9-10-28-35(44-27)31-15-22-25(40)5-4-6-29(22)47(31)33(43-28)18-45-12-11-20(39)17-45/h4-10,13-16,20,52H,3,11-12,17-18H2,1-2H3,(H,42,48)/t20-/m1/s1. The Bertz CT molecular complexity index is 2670. The number of alkyl halides is 1. The van der Waals surface area contributed by atoms with E-state index < -0.39 is 40.4 Å². The first-order valence-corrected chi connectivity index (χ1v) is 17.6. The van der Waals surface area contributed by atoms with Gasteiger partial charge in [0.1, 0.15) is 40.5 Å². The molecule has 1 aliphatic heterocycles. The van der Waals surface area contributed by atoms with E-state index in [9.17, 15) is 22.0 Å². The average Bonchev–Trinajstić information content (AvgIpc) is 3.83. The molecule has 1 saturated heterocycles. The number of halogens is 4. The lowest BCUT2D eigenvalue weighted by atomic mass is 10.00. The van der Waals surface area contributed by atoms with Gasteiger partial charge in [0.05, 0.1) is 45.6 Å². The Balaban J connectivity index is 1.40. The van der Waals surface area contributed by atoms with E-state index in [1.54, 1.807) is 43.3 Å². The van der Waals surface area contributed by atoms with Crippen LogP contribution in [0.2, 0.25) is 0 Å². The number of furan rings is 1. The van der Waals surface area contributed by atoms with Crippen molar-refractivity contribution < 1.29 is 35.2 Å². The van der Waals surface area contributed by atoms with Crippen molar-refractivity contribution >= 4 is 60.9 Å². The fourth-order valence-corrected chi connectivity index (χ4v) is 7.66. The van der Waals surface area contributed by atoms with Gasteiger partial charge in [0, 0.05) is 55.2 Å². The average molecular weight is 731 g/mol. The van der Waals surface area contributed by atoms with Crippen LogP contribution >= 0.6 is 0 Å². The number of likely N-dealkylation sites (tertiary alicyclic amines) is 1. The molecule has 3 aromatic carbocycles. The quantitative estimate of drug-likeness (QED) is 0.131. The van der Waals surface area contributed by atoms with E-state index in [1.165, 1.54) is 19.2 Å². The smallest absolute Gasteiger partial charge is 0.255 e. The number of fused-ring (bicyclic) bond motifs is 6. The summed E-state index contributed by atoms with van der Waals surface area (Å²) < 4.78 is 92.4. The fourth-order valence-electron chi connectivity index (χ4n) is 7.09. The van der Waals surface area contributed by atoms with Crippen LogP contribution in [0.5, 0.6) is 0 Å². The zero-order valence-electron chi connectivity index (χ0n) is 27.8. The van der Waals surface area contributed by atoms with Crippen molar-refractivity contribution in [1.82, 2.24) is 24.6 Å². The van der Waals surface area contributed by atoms with Crippen LogP contribution in [0, 0.1) is 17.5 Å². The number of rotatable bonds is 8. The zero-order valence-corrected chi connectivity index (χ0v) is 28.7. The number of pyridine rings is 1. The van der Waals surface area contributed by atoms with Crippen LogP contribution in [0.1, 0.15) is 29.5 Å². The van der Waals surface area contributed by atoms with E-state index in [2.05, 4.69) is 5.32 Å². The number of amides is 1. The monoisotopic (exact) mass is 730 g/mol. The predicted octanol–water partition coefficient (Wildman–Crippen LogP) is 6.79. The van der Waals surface area contributed by atoms with Gasteiger partial charge in [-0.3, -0.25) is 18.4 Å². The van der Waals surface area contributed by atoms with Gasteiger partial charge >= 0.3 is 0 Å². The van der Waals surface area contributed by atoms with Crippen molar-refractivity contribution in [2.45, 2.75) is 26.1 Å². The summed E-state index contributed by atoms with van der Waals surface area (Å²) in [7, 11) is -1.78. The molecule has 1 amide bonds. The zero-order chi connectivity index (χ0) is 36.4. The maximum Gasteiger partial charge on any atom is 0.255 e. The fraction of sp³-hybridized carbons (Fsp3) is 0.216. The number of nitrogens with zero attached hydrogens (tertiary/aromatic N) is 5. The maximum atomic E-state index is 15.2. The Hall–Kier alpha value is -5.54. The molecule has 1 aliphatic rings. The van der Waals surface area contributed by atoms with Crippen molar-refractivity contribution in [2.24, 2.45) is 0 Å². The summed E-state index contributed by atoms with van der Waals surface area (Å²) in [4.78, 5) is 25.2. The molecule has 1 atom stereocenters. The molecule has 52 heavy (non-hydrogen) atoms. The van der Waals surface area contributed by atoms with Crippen LogP contribution in [0.3, 0.4) is 0 Å². The van der Waals surface area contributed by atoms with Gasteiger partial charge in [-0.05, 0) is 61.9 Å². The predicted molar refractivity (Wildman–Crippen MR) is 190 cm³/mol. The van der Waals surface area contributed by atoms with Crippen molar-refractivity contribution in [3.8, 4) is 22.6 Å². The second kappa shape index (κ2) is 12.9. The molecule has 0 saturated carbocycles. The van der Waals surface area contributed by atoms with E-state index in [0.717, 1.165) is 16.4 Å². The number of thiol groups is 1. The van der Waals surface area contributed by atoms with Crippen molar-refractivity contribution in [3.05, 3.63) is 95.6 Å². The van der Waals surface area contributed by atoms with Crippen LogP contribution in [0.4, 0.5) is 23.2 Å². The molecule has 5 heterocycles. The third kappa shape index (κ3) is 5.51. The molecule has 15 heteroatoms. The van der Waals surface area contributed by atoms with Crippen LogP contribution in [0.25, 0.3) is 61.0 Å². The Kier molecular flexibility index (Phi) is 8.33. The van der Waals surface area contributed by atoms with E-state index in [4.69, 9.17) is 14.4 Å². The molecule has 0 spiro atoms. The molecule has 0 unspecified atom stereocenters. The Morgan fingerprint density at radius 1 is 0.981 bits per heavy atom. The highest BCUT2D eigenvalue weighted by Gasteiger charge is 2.28. The molecule has 0 radical (unpaired) electrons. The number of nitrogens with one attached hydrogen (secondary N) is 1. The molecule has 266 valence electrons. The molecule has 1 N–H and O–H groups in total.